The molecule has 0 saturated carbocycles. The topological polar surface area (TPSA) is 93.3 Å². The minimum atomic E-state index is -3.67. The summed E-state index contributed by atoms with van der Waals surface area (Å²) in [5.74, 6) is 1.00. The van der Waals surface area contributed by atoms with Gasteiger partial charge in [-0.1, -0.05) is 0 Å². The highest BCUT2D eigenvalue weighted by atomic mass is 32.2. The Balaban J connectivity index is 1.92. The molecule has 1 aromatic carbocycles. The zero-order valence-electron chi connectivity index (χ0n) is 10.5. The first-order chi connectivity index (χ1) is 9.65. The van der Waals surface area contributed by atoms with Gasteiger partial charge in [0.2, 0.25) is 0 Å². The van der Waals surface area contributed by atoms with Crippen LogP contribution in [0.2, 0.25) is 0 Å². The number of nitrogens with one attached hydrogen (secondary N) is 2. The number of anilines is 1. The second kappa shape index (κ2) is 5.04. The lowest BCUT2D eigenvalue weighted by Gasteiger charge is -2.10. The zero-order chi connectivity index (χ0) is 14.0. The molecular weight excluding hydrogens is 282 g/mol. The third-order valence-corrected chi connectivity index (χ3v) is 4.16. The van der Waals surface area contributed by atoms with Gasteiger partial charge >= 0.3 is 0 Å². The van der Waals surface area contributed by atoms with Gasteiger partial charge in [0.05, 0.1) is 30.0 Å². The van der Waals surface area contributed by atoms with E-state index in [2.05, 4.69) is 14.9 Å². The fraction of sp³-hybridized carbons (Fsp3) is 0.250. The van der Waals surface area contributed by atoms with Crippen LogP contribution in [0.25, 0.3) is 0 Å². The summed E-state index contributed by atoms with van der Waals surface area (Å²) in [6.45, 7) is 1.07. The van der Waals surface area contributed by atoms with Gasteiger partial charge in [0.15, 0.2) is 11.5 Å². The Morgan fingerprint density at radius 3 is 2.75 bits per heavy atom. The van der Waals surface area contributed by atoms with E-state index in [0.717, 1.165) is 6.42 Å². The molecule has 0 fully saturated rings. The number of rotatable bonds is 3. The summed E-state index contributed by atoms with van der Waals surface area (Å²) in [7, 11) is -3.67. The molecular formula is C12H13N3O4S. The molecule has 0 bridgehead atoms. The van der Waals surface area contributed by atoms with Crippen LogP contribution >= 0.6 is 0 Å². The molecule has 1 aliphatic heterocycles. The summed E-state index contributed by atoms with van der Waals surface area (Å²) in [5, 5.41) is 6.23. The number of sulfonamides is 1. The fourth-order valence-corrected chi connectivity index (χ4v) is 2.88. The van der Waals surface area contributed by atoms with Crippen molar-refractivity contribution in [2.45, 2.75) is 11.3 Å². The van der Waals surface area contributed by atoms with Gasteiger partial charge < -0.3 is 9.47 Å². The van der Waals surface area contributed by atoms with Gasteiger partial charge in [0.25, 0.3) is 10.0 Å². The van der Waals surface area contributed by atoms with Gasteiger partial charge in [-0.25, -0.2) is 8.42 Å². The molecule has 2 N–H and O–H groups in total. The van der Waals surface area contributed by atoms with Crippen LogP contribution in [-0.4, -0.2) is 31.8 Å². The first-order valence-electron chi connectivity index (χ1n) is 6.06. The van der Waals surface area contributed by atoms with Gasteiger partial charge in [-0.05, 0) is 12.1 Å². The maximum absolute atomic E-state index is 12.2. The lowest BCUT2D eigenvalue weighted by Crippen LogP contribution is -2.12. The molecule has 20 heavy (non-hydrogen) atoms. The van der Waals surface area contributed by atoms with E-state index in [4.69, 9.17) is 9.47 Å². The molecule has 0 spiro atoms. The Labute approximate surface area is 116 Å². The van der Waals surface area contributed by atoms with Crippen LogP contribution in [0, 0.1) is 0 Å². The smallest absolute Gasteiger partial charge is 0.262 e. The largest absolute Gasteiger partial charge is 0.490 e. The SMILES string of the molecule is O=S(=O)(Nc1cn[nH]c1)c1ccc2c(c1)OCCCO2. The minimum Gasteiger partial charge on any atom is -0.490 e. The zero-order valence-corrected chi connectivity index (χ0v) is 11.3. The molecule has 7 nitrogen and oxygen atoms in total. The van der Waals surface area contributed by atoms with Crippen molar-refractivity contribution >= 4 is 15.7 Å². The summed E-state index contributed by atoms with van der Waals surface area (Å²) < 4.78 is 37.8. The summed E-state index contributed by atoms with van der Waals surface area (Å²) in [5.41, 5.74) is 0.372. The van der Waals surface area contributed by atoms with Crippen molar-refractivity contribution in [2.75, 3.05) is 17.9 Å². The summed E-state index contributed by atoms with van der Waals surface area (Å²) in [6, 6.07) is 4.55. The first kappa shape index (κ1) is 12.8. The average molecular weight is 295 g/mol. The van der Waals surface area contributed by atoms with Crippen LogP contribution in [0.1, 0.15) is 6.42 Å². The molecule has 0 amide bonds. The second-order valence-electron chi connectivity index (χ2n) is 4.25. The highest BCUT2D eigenvalue weighted by molar-refractivity contribution is 7.92. The lowest BCUT2D eigenvalue weighted by molar-refractivity contribution is 0.297. The monoisotopic (exact) mass is 295 g/mol. The van der Waals surface area contributed by atoms with E-state index >= 15 is 0 Å². The van der Waals surface area contributed by atoms with Crippen LogP contribution in [0.15, 0.2) is 35.5 Å². The van der Waals surface area contributed by atoms with Crippen molar-refractivity contribution in [3.8, 4) is 11.5 Å². The van der Waals surface area contributed by atoms with Gasteiger partial charge in [-0.3, -0.25) is 9.82 Å². The lowest BCUT2D eigenvalue weighted by atomic mass is 10.3. The number of benzene rings is 1. The van der Waals surface area contributed by atoms with Crippen molar-refractivity contribution in [2.24, 2.45) is 0 Å². The van der Waals surface area contributed by atoms with Gasteiger partial charge in [0.1, 0.15) is 0 Å². The molecule has 0 atom stereocenters. The highest BCUT2D eigenvalue weighted by Gasteiger charge is 2.19. The van der Waals surface area contributed by atoms with E-state index < -0.39 is 10.0 Å². The van der Waals surface area contributed by atoms with Crippen molar-refractivity contribution in [1.82, 2.24) is 10.2 Å². The van der Waals surface area contributed by atoms with E-state index in [1.165, 1.54) is 24.5 Å². The maximum atomic E-state index is 12.2. The third-order valence-electron chi connectivity index (χ3n) is 2.78. The first-order valence-corrected chi connectivity index (χ1v) is 7.55. The molecule has 0 unspecified atom stereocenters. The quantitative estimate of drug-likeness (QED) is 0.892. The number of aromatic nitrogens is 2. The summed E-state index contributed by atoms with van der Waals surface area (Å²) in [6.07, 6.45) is 3.62. The van der Waals surface area contributed by atoms with Crippen LogP contribution in [-0.2, 0) is 10.0 Å². The number of H-pyrrole nitrogens is 1. The molecule has 2 aromatic rings. The molecule has 0 aliphatic carbocycles. The van der Waals surface area contributed by atoms with Crippen LogP contribution in [0.3, 0.4) is 0 Å². The molecule has 3 rings (SSSR count). The number of fused-ring (bicyclic) bond motifs is 1. The highest BCUT2D eigenvalue weighted by Crippen LogP contribution is 2.32. The van der Waals surface area contributed by atoms with Crippen molar-refractivity contribution in [3.63, 3.8) is 0 Å². The van der Waals surface area contributed by atoms with Crippen LogP contribution in [0.5, 0.6) is 11.5 Å². The average Bonchev–Trinajstić information content (AvgIpc) is 2.80. The molecule has 0 saturated heterocycles. The molecule has 1 aliphatic rings. The van der Waals surface area contributed by atoms with E-state index in [1.807, 2.05) is 0 Å². The Morgan fingerprint density at radius 2 is 2.00 bits per heavy atom. The summed E-state index contributed by atoms with van der Waals surface area (Å²) in [4.78, 5) is 0.114. The van der Waals surface area contributed by atoms with E-state index in [9.17, 15) is 8.42 Å². The number of nitrogens with zero attached hydrogens (tertiary/aromatic N) is 1. The maximum Gasteiger partial charge on any atom is 0.262 e. The van der Waals surface area contributed by atoms with E-state index in [-0.39, 0.29) is 4.90 Å². The summed E-state index contributed by atoms with van der Waals surface area (Å²) >= 11 is 0. The predicted molar refractivity (Wildman–Crippen MR) is 71.4 cm³/mol. The predicted octanol–water partition coefficient (Wildman–Crippen LogP) is 1.37. The van der Waals surface area contributed by atoms with Gasteiger partial charge in [-0.15, -0.1) is 0 Å². The Hall–Kier alpha value is -2.22. The molecule has 106 valence electrons. The Kier molecular flexibility index (Phi) is 3.23. The Morgan fingerprint density at radius 1 is 1.20 bits per heavy atom. The second-order valence-corrected chi connectivity index (χ2v) is 5.93. The fourth-order valence-electron chi connectivity index (χ4n) is 1.83. The normalized spacial score (nSPS) is 14.6. The van der Waals surface area contributed by atoms with Crippen molar-refractivity contribution in [3.05, 3.63) is 30.6 Å². The number of hydrogen-bond acceptors (Lipinski definition) is 5. The van der Waals surface area contributed by atoms with Crippen molar-refractivity contribution in [1.29, 1.82) is 0 Å². The molecule has 0 radical (unpaired) electrons. The van der Waals surface area contributed by atoms with Crippen molar-refractivity contribution < 1.29 is 17.9 Å². The van der Waals surface area contributed by atoms with Gasteiger partial charge in [0, 0.05) is 18.7 Å². The molecule has 8 heteroatoms. The number of ether oxygens (including phenoxy) is 2. The van der Waals surface area contributed by atoms with Crippen LogP contribution < -0.4 is 14.2 Å². The number of aromatic amines is 1. The van der Waals surface area contributed by atoms with Gasteiger partial charge in [-0.2, -0.15) is 5.10 Å². The molecule has 2 heterocycles. The third kappa shape index (κ3) is 2.55. The number of hydrogen-bond donors (Lipinski definition) is 2. The minimum absolute atomic E-state index is 0.114. The Bertz CT molecular complexity index is 697. The van der Waals surface area contributed by atoms with E-state index in [1.54, 1.807) is 6.07 Å². The van der Waals surface area contributed by atoms with Crippen LogP contribution in [0.4, 0.5) is 5.69 Å². The van der Waals surface area contributed by atoms with E-state index in [0.29, 0.717) is 30.4 Å². The standard InChI is InChI=1S/C12H13N3O4S/c16-20(17,15-9-7-13-14-8-9)10-2-3-11-12(6-10)19-5-1-4-18-11/h2-3,6-8,15H,1,4-5H2,(H,13,14). The molecule has 1 aromatic heterocycles.